The molecule has 5 rings (SSSR count). The Balaban J connectivity index is 1.43. The van der Waals surface area contributed by atoms with Gasteiger partial charge in [0, 0.05) is 25.6 Å². The summed E-state index contributed by atoms with van der Waals surface area (Å²) in [6.07, 6.45) is 12.5. The van der Waals surface area contributed by atoms with Crippen molar-refractivity contribution in [3.8, 4) is 0 Å². The minimum Gasteiger partial charge on any atom is -0.479 e. The van der Waals surface area contributed by atoms with Gasteiger partial charge in [-0.3, -0.25) is 14.4 Å². The van der Waals surface area contributed by atoms with Crippen LogP contribution in [-0.2, 0) is 23.9 Å². The zero-order valence-electron chi connectivity index (χ0n) is 30.5. The fourth-order valence-corrected chi connectivity index (χ4v) is 8.24. The lowest BCUT2D eigenvalue weighted by Crippen LogP contribution is -2.56. The first-order valence-corrected chi connectivity index (χ1v) is 18.9. The number of rotatable bonds is 7. The van der Waals surface area contributed by atoms with E-state index in [1.165, 1.54) is 11.3 Å². The molecule has 3 aliphatic heterocycles. The van der Waals surface area contributed by atoms with Crippen molar-refractivity contribution in [3.05, 3.63) is 12.2 Å². The third-order valence-electron chi connectivity index (χ3n) is 11.1. The summed E-state index contributed by atoms with van der Waals surface area (Å²) < 4.78 is 5.51. The minimum atomic E-state index is -1.42. The highest BCUT2D eigenvalue weighted by Crippen LogP contribution is 2.45. The molecule has 0 aromatic heterocycles. The van der Waals surface area contributed by atoms with E-state index >= 15 is 0 Å². The Morgan fingerprint density at radius 3 is 2.36 bits per heavy atom. The Kier molecular flexibility index (Phi) is 12.1. The van der Waals surface area contributed by atoms with Gasteiger partial charge in [-0.1, -0.05) is 44.3 Å². The molecule has 2 aliphatic carbocycles. The molecule has 2 unspecified atom stereocenters. The van der Waals surface area contributed by atoms with Gasteiger partial charge in [-0.05, 0) is 85.5 Å². The van der Waals surface area contributed by atoms with Gasteiger partial charge in [-0.2, -0.15) is 5.12 Å². The van der Waals surface area contributed by atoms with Gasteiger partial charge in [0.2, 0.25) is 17.7 Å². The molecule has 3 heterocycles. The molecule has 4 amide bonds. The number of nitrogens with one attached hydrogen (secondary N) is 4. The van der Waals surface area contributed by atoms with Gasteiger partial charge in [0.05, 0.1) is 12.1 Å². The average molecular weight is 702 g/mol. The molecule has 14 nitrogen and oxygen atoms in total. The number of nitrogens with zero attached hydrogens (tertiary/aromatic N) is 3. The van der Waals surface area contributed by atoms with Crippen molar-refractivity contribution in [3.63, 3.8) is 0 Å². The number of ether oxygens (including phenoxy) is 1. The van der Waals surface area contributed by atoms with Crippen LogP contribution in [0.3, 0.4) is 0 Å². The van der Waals surface area contributed by atoms with Crippen LogP contribution in [0.4, 0.5) is 4.79 Å². The fourth-order valence-electron chi connectivity index (χ4n) is 8.24. The van der Waals surface area contributed by atoms with Crippen LogP contribution in [0.2, 0.25) is 0 Å². The van der Waals surface area contributed by atoms with E-state index in [-0.39, 0.29) is 37.3 Å². The van der Waals surface area contributed by atoms with E-state index in [1.54, 1.807) is 20.8 Å². The Morgan fingerprint density at radius 1 is 1.02 bits per heavy atom. The number of hydrogen-bond donors (Lipinski definition) is 5. The zero-order valence-corrected chi connectivity index (χ0v) is 30.5. The van der Waals surface area contributed by atoms with Gasteiger partial charge in [-0.25, -0.2) is 20.4 Å². The second-order valence-electron chi connectivity index (χ2n) is 15.8. The Hall–Kier alpha value is -3.23. The number of fused-ring (bicyclic) bond motifs is 2. The molecule has 4 fully saturated rings. The predicted molar refractivity (Wildman–Crippen MR) is 186 cm³/mol. The molecule has 0 aromatic carbocycles. The molecule has 5 N–H and O–H groups in total. The molecular formula is C36H59N7O7. The lowest BCUT2D eigenvalue weighted by Gasteiger charge is -2.32. The fraction of sp³-hybridized carbons (Fsp3) is 0.806. The Labute approximate surface area is 296 Å². The summed E-state index contributed by atoms with van der Waals surface area (Å²) in [5, 5.41) is 17.7. The van der Waals surface area contributed by atoms with Crippen LogP contribution < -0.4 is 21.5 Å². The number of carbonyl (C=O) groups excluding carboxylic acids is 4. The van der Waals surface area contributed by atoms with Gasteiger partial charge in [-0.15, -0.1) is 0 Å². The first kappa shape index (κ1) is 38.0. The van der Waals surface area contributed by atoms with Crippen LogP contribution >= 0.6 is 0 Å². The predicted octanol–water partition coefficient (Wildman–Crippen LogP) is 2.84. The van der Waals surface area contributed by atoms with Gasteiger partial charge in [0.25, 0.3) is 0 Å². The van der Waals surface area contributed by atoms with E-state index < -0.39 is 59.2 Å². The molecule has 0 radical (unpaired) electrons. The smallest absolute Gasteiger partial charge is 0.408 e. The Bertz CT molecular complexity index is 1290. The third-order valence-corrected chi connectivity index (χ3v) is 11.1. The molecule has 7 atom stereocenters. The summed E-state index contributed by atoms with van der Waals surface area (Å²) in [7, 11) is 0. The number of aliphatic carboxylic acids is 1. The first-order chi connectivity index (χ1) is 23.8. The maximum Gasteiger partial charge on any atom is 0.408 e. The van der Waals surface area contributed by atoms with Crippen LogP contribution in [0.25, 0.3) is 0 Å². The molecule has 50 heavy (non-hydrogen) atoms. The maximum absolute atomic E-state index is 14.5. The van der Waals surface area contributed by atoms with Crippen LogP contribution in [0, 0.1) is 11.8 Å². The number of likely N-dealkylation sites (N-methyl/N-ethyl adjacent to an activating group) is 1. The first-order valence-electron chi connectivity index (χ1n) is 18.9. The highest BCUT2D eigenvalue weighted by Gasteiger charge is 2.61. The van der Waals surface area contributed by atoms with Crippen molar-refractivity contribution < 1.29 is 33.8 Å². The van der Waals surface area contributed by atoms with Crippen molar-refractivity contribution in [2.24, 2.45) is 11.8 Å². The van der Waals surface area contributed by atoms with Crippen molar-refractivity contribution >= 4 is 29.8 Å². The molecule has 0 aromatic rings. The summed E-state index contributed by atoms with van der Waals surface area (Å²) in [5.41, 5.74) is 4.85. The minimum absolute atomic E-state index is 0.0140. The number of hydrogen-bond acceptors (Lipinski definition) is 9. The molecule has 2 saturated heterocycles. The van der Waals surface area contributed by atoms with E-state index in [9.17, 15) is 29.1 Å². The third kappa shape index (κ3) is 8.62. The van der Waals surface area contributed by atoms with Gasteiger partial charge in [0.15, 0.2) is 0 Å². The van der Waals surface area contributed by atoms with Crippen molar-refractivity contribution in [2.45, 2.75) is 153 Å². The number of amides is 4. The van der Waals surface area contributed by atoms with Crippen molar-refractivity contribution in [1.82, 2.24) is 36.4 Å². The molecule has 280 valence electrons. The normalized spacial score (nSPS) is 33.7. The highest BCUT2D eigenvalue weighted by molar-refractivity contribution is 5.96. The quantitative estimate of drug-likeness (QED) is 0.249. The summed E-state index contributed by atoms with van der Waals surface area (Å²) in [4.78, 5) is 71.2. The SMILES string of the molecule is CCN(CC)C(=O)C1NN([C@H]2C[C@H]3C(=O)N[C@]4(C(=O)O)C[C@H]4/C=C\CCCCC[C@H](NC(=O)OC(C)(C)C)C(=O)N3C2)NC1C1CCCCC1. The van der Waals surface area contributed by atoms with E-state index in [0.29, 0.717) is 31.8 Å². The molecule has 0 bridgehead atoms. The Morgan fingerprint density at radius 2 is 1.70 bits per heavy atom. The van der Waals surface area contributed by atoms with E-state index in [2.05, 4.69) is 21.5 Å². The van der Waals surface area contributed by atoms with Crippen LogP contribution in [0.15, 0.2) is 12.2 Å². The highest BCUT2D eigenvalue weighted by atomic mass is 16.6. The molecule has 5 aliphatic rings. The van der Waals surface area contributed by atoms with Gasteiger partial charge < -0.3 is 30.3 Å². The average Bonchev–Trinajstić information content (AvgIpc) is 3.38. The topological polar surface area (TPSA) is 173 Å². The number of alkyl carbamates (subject to hydrolysis) is 1. The molecule has 0 spiro atoms. The molecular weight excluding hydrogens is 642 g/mol. The number of allylic oxidation sites excluding steroid dienone is 1. The number of carboxylic acid groups (broad SMARTS) is 1. The summed E-state index contributed by atoms with van der Waals surface area (Å²) in [6, 6.07) is -2.99. The standard InChI is InChI=1S/C36H59N7O7/c1-6-41(7-2)32(46)29-28(23-16-12-11-13-17-23)39-43(40-29)25-20-27-30(44)38-36(33(47)48)21-24(36)18-14-9-8-10-15-19-26(31(45)42(27)22-25)37-34(49)50-35(3,4)5/h14,18,23-29,39-40H,6-13,15-17,19-22H2,1-5H3,(H,37,49)(H,38,44)(H,47,48)/b18-14-/t24-,25+,26+,27+,28?,29?,36-/m1/s1. The van der Waals surface area contributed by atoms with Gasteiger partial charge in [0.1, 0.15) is 29.3 Å². The van der Waals surface area contributed by atoms with Crippen LogP contribution in [0.5, 0.6) is 0 Å². The second-order valence-corrected chi connectivity index (χ2v) is 15.8. The van der Waals surface area contributed by atoms with E-state index in [0.717, 1.165) is 44.9 Å². The number of carboxylic acids is 1. The van der Waals surface area contributed by atoms with E-state index in [1.807, 2.05) is 36.0 Å². The van der Waals surface area contributed by atoms with Crippen LogP contribution in [0.1, 0.15) is 112 Å². The molecule has 14 heteroatoms. The summed E-state index contributed by atoms with van der Waals surface area (Å²) in [6.45, 7) is 10.5. The molecule has 2 saturated carbocycles. The van der Waals surface area contributed by atoms with Crippen molar-refractivity contribution in [2.75, 3.05) is 19.6 Å². The lowest BCUT2D eigenvalue weighted by molar-refractivity contribution is -0.145. The lowest BCUT2D eigenvalue weighted by atomic mass is 9.81. The second kappa shape index (κ2) is 16.0. The summed E-state index contributed by atoms with van der Waals surface area (Å²) in [5.74, 6) is -2.08. The van der Waals surface area contributed by atoms with Gasteiger partial charge >= 0.3 is 12.1 Å². The monoisotopic (exact) mass is 701 g/mol. The van der Waals surface area contributed by atoms with E-state index in [4.69, 9.17) is 4.74 Å². The van der Waals surface area contributed by atoms with Crippen molar-refractivity contribution in [1.29, 1.82) is 0 Å². The largest absolute Gasteiger partial charge is 0.479 e. The summed E-state index contributed by atoms with van der Waals surface area (Å²) >= 11 is 0. The number of hydrazine groups is 2. The zero-order chi connectivity index (χ0) is 36.2. The van der Waals surface area contributed by atoms with Crippen LogP contribution in [-0.4, -0.2) is 111 Å². The number of carbonyl (C=O) groups is 5. The maximum atomic E-state index is 14.5.